The number of hydrogen-bond acceptors (Lipinski definition) is 1. The molecule has 0 saturated heterocycles. The zero-order chi connectivity index (χ0) is 11.7. The first-order valence-electron chi connectivity index (χ1n) is 5.93. The summed E-state index contributed by atoms with van der Waals surface area (Å²) in [6.07, 6.45) is 3.43. The Balaban J connectivity index is 2.40. The number of carbonyl (C=O) groups excluding carboxylic acids is 1. The van der Waals surface area contributed by atoms with E-state index in [2.05, 4.69) is 25.1 Å². The molecule has 1 amide bonds. The summed E-state index contributed by atoms with van der Waals surface area (Å²) >= 11 is 0. The molecule has 16 heavy (non-hydrogen) atoms. The molecule has 0 aromatic heterocycles. The van der Waals surface area contributed by atoms with Gasteiger partial charge in [-0.25, -0.2) is 0 Å². The Labute approximate surface area is 97.3 Å². The van der Waals surface area contributed by atoms with Gasteiger partial charge in [0.1, 0.15) is 0 Å². The highest BCUT2D eigenvalue weighted by Gasteiger charge is 2.25. The number of rotatable bonds is 1. The molecule has 1 aromatic carbocycles. The van der Waals surface area contributed by atoms with E-state index in [0.29, 0.717) is 0 Å². The van der Waals surface area contributed by atoms with Crippen LogP contribution in [0.1, 0.15) is 42.5 Å². The van der Waals surface area contributed by atoms with Crippen molar-refractivity contribution in [2.75, 3.05) is 7.05 Å². The second-order valence-electron chi connectivity index (χ2n) is 4.68. The highest BCUT2D eigenvalue weighted by atomic mass is 16.2. The molecule has 1 aromatic rings. The molecule has 0 fully saturated rings. The van der Waals surface area contributed by atoms with Gasteiger partial charge >= 0.3 is 0 Å². The lowest BCUT2D eigenvalue weighted by Gasteiger charge is -2.33. The van der Waals surface area contributed by atoms with Gasteiger partial charge in [-0.15, -0.1) is 0 Å². The van der Waals surface area contributed by atoms with Crippen LogP contribution in [0, 0.1) is 6.92 Å². The minimum atomic E-state index is 0.152. The van der Waals surface area contributed by atoms with Crippen molar-refractivity contribution in [3.05, 3.63) is 34.9 Å². The van der Waals surface area contributed by atoms with Crippen LogP contribution >= 0.6 is 0 Å². The first-order chi connectivity index (χ1) is 7.61. The Morgan fingerprint density at radius 3 is 2.88 bits per heavy atom. The number of aryl methyl sites for hydroxylation is 1. The molecule has 2 rings (SSSR count). The Kier molecular flexibility index (Phi) is 2.99. The van der Waals surface area contributed by atoms with E-state index in [0.717, 1.165) is 12.8 Å². The van der Waals surface area contributed by atoms with Gasteiger partial charge in [0, 0.05) is 14.0 Å². The van der Waals surface area contributed by atoms with Crippen molar-refractivity contribution in [2.45, 2.75) is 39.2 Å². The number of nitrogens with zero attached hydrogens (tertiary/aromatic N) is 1. The average molecular weight is 217 g/mol. The van der Waals surface area contributed by atoms with E-state index < -0.39 is 0 Å². The minimum Gasteiger partial charge on any atom is -0.339 e. The monoisotopic (exact) mass is 217 g/mol. The van der Waals surface area contributed by atoms with Gasteiger partial charge in [-0.2, -0.15) is 0 Å². The average Bonchev–Trinajstić information content (AvgIpc) is 2.28. The van der Waals surface area contributed by atoms with E-state index in [1.807, 2.05) is 11.9 Å². The Morgan fingerprint density at radius 1 is 1.44 bits per heavy atom. The SMILES string of the molecule is CC(=O)N(C)C1CCCc2c(C)cccc21. The summed E-state index contributed by atoms with van der Waals surface area (Å²) in [5.74, 6) is 0.152. The highest BCUT2D eigenvalue weighted by Crippen LogP contribution is 2.34. The molecule has 0 saturated carbocycles. The largest absolute Gasteiger partial charge is 0.339 e. The van der Waals surface area contributed by atoms with Gasteiger partial charge in [0.25, 0.3) is 0 Å². The third-order valence-corrected chi connectivity index (χ3v) is 3.67. The van der Waals surface area contributed by atoms with Crippen molar-refractivity contribution < 1.29 is 4.79 Å². The number of carbonyl (C=O) groups is 1. The lowest BCUT2D eigenvalue weighted by atomic mass is 9.84. The summed E-state index contributed by atoms with van der Waals surface area (Å²) < 4.78 is 0. The van der Waals surface area contributed by atoms with E-state index in [-0.39, 0.29) is 11.9 Å². The van der Waals surface area contributed by atoms with Crippen LogP contribution in [0.25, 0.3) is 0 Å². The van der Waals surface area contributed by atoms with Crippen LogP contribution in [-0.2, 0) is 11.2 Å². The number of fused-ring (bicyclic) bond motifs is 1. The van der Waals surface area contributed by atoms with Crippen LogP contribution in [0.5, 0.6) is 0 Å². The van der Waals surface area contributed by atoms with Crippen LogP contribution < -0.4 is 0 Å². The molecular weight excluding hydrogens is 198 g/mol. The van der Waals surface area contributed by atoms with Gasteiger partial charge in [0.05, 0.1) is 6.04 Å². The molecule has 2 heteroatoms. The van der Waals surface area contributed by atoms with Crippen molar-refractivity contribution in [2.24, 2.45) is 0 Å². The van der Waals surface area contributed by atoms with Crippen molar-refractivity contribution >= 4 is 5.91 Å². The second-order valence-corrected chi connectivity index (χ2v) is 4.68. The third kappa shape index (κ3) is 1.84. The molecule has 2 nitrogen and oxygen atoms in total. The molecule has 0 N–H and O–H groups in total. The van der Waals surface area contributed by atoms with Crippen LogP contribution in [0.4, 0.5) is 0 Å². The molecule has 0 spiro atoms. The van der Waals surface area contributed by atoms with Crippen LogP contribution in [0.15, 0.2) is 18.2 Å². The highest BCUT2D eigenvalue weighted by molar-refractivity contribution is 5.73. The van der Waals surface area contributed by atoms with Gasteiger partial charge in [0.15, 0.2) is 0 Å². The van der Waals surface area contributed by atoms with Gasteiger partial charge in [-0.1, -0.05) is 18.2 Å². The predicted octanol–water partition coefficient (Wildman–Crippen LogP) is 2.85. The van der Waals surface area contributed by atoms with Crippen molar-refractivity contribution in [1.29, 1.82) is 0 Å². The van der Waals surface area contributed by atoms with Crippen LogP contribution in [0.2, 0.25) is 0 Å². The molecule has 1 atom stereocenters. The smallest absolute Gasteiger partial charge is 0.219 e. The Morgan fingerprint density at radius 2 is 2.19 bits per heavy atom. The summed E-state index contributed by atoms with van der Waals surface area (Å²) in [7, 11) is 1.91. The fraction of sp³-hybridized carbons (Fsp3) is 0.500. The minimum absolute atomic E-state index is 0.152. The van der Waals surface area contributed by atoms with Crippen molar-refractivity contribution in [3.8, 4) is 0 Å². The molecule has 1 aliphatic rings. The third-order valence-electron chi connectivity index (χ3n) is 3.67. The van der Waals surface area contributed by atoms with E-state index in [9.17, 15) is 4.79 Å². The maximum Gasteiger partial charge on any atom is 0.219 e. The van der Waals surface area contributed by atoms with E-state index in [1.54, 1.807) is 6.92 Å². The molecule has 0 bridgehead atoms. The number of hydrogen-bond donors (Lipinski definition) is 0. The van der Waals surface area contributed by atoms with Crippen LogP contribution in [-0.4, -0.2) is 17.9 Å². The molecule has 86 valence electrons. The summed E-state index contributed by atoms with van der Waals surface area (Å²) in [5, 5.41) is 0. The standard InChI is InChI=1S/C14H19NO/c1-10-6-4-8-13-12(10)7-5-9-14(13)15(3)11(2)16/h4,6,8,14H,5,7,9H2,1-3H3. The lowest BCUT2D eigenvalue weighted by Crippen LogP contribution is -2.31. The topological polar surface area (TPSA) is 20.3 Å². The van der Waals surface area contributed by atoms with Gasteiger partial charge in [0.2, 0.25) is 5.91 Å². The second kappa shape index (κ2) is 4.28. The fourth-order valence-corrected chi connectivity index (χ4v) is 2.63. The molecule has 1 unspecified atom stereocenters. The van der Waals surface area contributed by atoms with E-state index >= 15 is 0 Å². The maximum atomic E-state index is 11.5. The quantitative estimate of drug-likeness (QED) is 0.708. The van der Waals surface area contributed by atoms with Gasteiger partial charge < -0.3 is 4.90 Å². The summed E-state index contributed by atoms with van der Waals surface area (Å²) in [4.78, 5) is 13.3. The first-order valence-corrected chi connectivity index (χ1v) is 5.93. The Hall–Kier alpha value is -1.31. The van der Waals surface area contributed by atoms with Crippen molar-refractivity contribution in [1.82, 2.24) is 4.90 Å². The zero-order valence-corrected chi connectivity index (χ0v) is 10.3. The molecule has 0 aliphatic heterocycles. The van der Waals surface area contributed by atoms with Gasteiger partial charge in [-0.3, -0.25) is 4.79 Å². The molecule has 0 heterocycles. The van der Waals surface area contributed by atoms with E-state index in [1.165, 1.54) is 23.1 Å². The molecule has 1 aliphatic carbocycles. The fourth-order valence-electron chi connectivity index (χ4n) is 2.63. The number of amides is 1. The summed E-state index contributed by atoms with van der Waals surface area (Å²) in [6.45, 7) is 3.80. The molecular formula is C14H19NO. The first kappa shape index (κ1) is 11.2. The normalized spacial score (nSPS) is 19.1. The maximum absolute atomic E-state index is 11.5. The molecule has 0 radical (unpaired) electrons. The zero-order valence-electron chi connectivity index (χ0n) is 10.3. The van der Waals surface area contributed by atoms with E-state index in [4.69, 9.17) is 0 Å². The van der Waals surface area contributed by atoms with Crippen molar-refractivity contribution in [3.63, 3.8) is 0 Å². The number of benzene rings is 1. The Bertz CT molecular complexity index is 411. The summed E-state index contributed by atoms with van der Waals surface area (Å²) in [6, 6.07) is 6.71. The predicted molar refractivity (Wildman–Crippen MR) is 65.3 cm³/mol. The van der Waals surface area contributed by atoms with Crippen LogP contribution in [0.3, 0.4) is 0 Å². The lowest BCUT2D eigenvalue weighted by molar-refractivity contribution is -0.130. The summed E-state index contributed by atoms with van der Waals surface area (Å²) in [5.41, 5.74) is 4.16. The van der Waals surface area contributed by atoms with Gasteiger partial charge in [-0.05, 0) is 42.9 Å².